The Morgan fingerprint density at radius 3 is 2.25 bits per heavy atom. The van der Waals surface area contributed by atoms with Crippen LogP contribution >= 0.6 is 0 Å². The minimum absolute atomic E-state index is 0.0731. The number of benzene rings is 1. The van der Waals surface area contributed by atoms with Gasteiger partial charge in [-0.05, 0) is 11.5 Å². The van der Waals surface area contributed by atoms with Crippen molar-refractivity contribution in [3.63, 3.8) is 0 Å². The molecule has 0 spiro atoms. The SMILES string of the molecule is CC[C@@H](C)[C@H](NC(=O)[C@H](Cc1ccccc1)NC(C)=O)C(=O)OC. The Labute approximate surface area is 143 Å². The van der Waals surface area contributed by atoms with Crippen LogP contribution in [0.25, 0.3) is 0 Å². The van der Waals surface area contributed by atoms with Crippen molar-refractivity contribution in [1.82, 2.24) is 10.6 Å². The zero-order valence-electron chi connectivity index (χ0n) is 14.7. The summed E-state index contributed by atoms with van der Waals surface area (Å²) in [6, 6.07) is 7.90. The van der Waals surface area contributed by atoms with E-state index in [4.69, 9.17) is 4.74 Å². The van der Waals surface area contributed by atoms with Gasteiger partial charge in [0.2, 0.25) is 11.8 Å². The van der Waals surface area contributed by atoms with Gasteiger partial charge in [-0.3, -0.25) is 9.59 Å². The van der Waals surface area contributed by atoms with E-state index in [1.54, 1.807) is 0 Å². The van der Waals surface area contributed by atoms with Gasteiger partial charge in [0, 0.05) is 13.3 Å². The Morgan fingerprint density at radius 1 is 1.12 bits per heavy atom. The number of carbonyl (C=O) groups excluding carboxylic acids is 3. The second-order valence-electron chi connectivity index (χ2n) is 5.84. The highest BCUT2D eigenvalue weighted by atomic mass is 16.5. The van der Waals surface area contributed by atoms with Gasteiger partial charge in [0.15, 0.2) is 0 Å². The fourth-order valence-corrected chi connectivity index (χ4v) is 2.35. The number of amides is 2. The van der Waals surface area contributed by atoms with E-state index in [-0.39, 0.29) is 11.8 Å². The van der Waals surface area contributed by atoms with Crippen molar-refractivity contribution in [2.75, 3.05) is 7.11 Å². The summed E-state index contributed by atoms with van der Waals surface area (Å²) in [6.45, 7) is 5.16. The number of hydrogen-bond acceptors (Lipinski definition) is 4. The summed E-state index contributed by atoms with van der Waals surface area (Å²) in [5.41, 5.74) is 0.921. The molecule has 2 amide bonds. The molecular formula is C18H26N2O4. The molecule has 6 heteroatoms. The number of hydrogen-bond donors (Lipinski definition) is 2. The fraction of sp³-hybridized carbons (Fsp3) is 0.500. The molecule has 6 nitrogen and oxygen atoms in total. The average molecular weight is 334 g/mol. The Kier molecular flexibility index (Phi) is 7.95. The zero-order valence-corrected chi connectivity index (χ0v) is 14.7. The molecule has 0 fully saturated rings. The summed E-state index contributed by atoms with van der Waals surface area (Å²) in [5.74, 6) is -1.26. The Bertz CT molecular complexity index is 559. The lowest BCUT2D eigenvalue weighted by Crippen LogP contribution is -2.54. The van der Waals surface area contributed by atoms with Crippen LogP contribution in [0.1, 0.15) is 32.8 Å². The van der Waals surface area contributed by atoms with Crippen molar-refractivity contribution in [3.8, 4) is 0 Å². The molecule has 1 aromatic rings. The molecule has 0 unspecified atom stereocenters. The standard InChI is InChI=1S/C18H26N2O4/c1-5-12(2)16(18(23)24-4)20-17(22)15(19-13(3)21)11-14-9-7-6-8-10-14/h6-10,12,15-16H,5,11H2,1-4H3,(H,19,21)(H,20,22)/t12-,15+,16+/m1/s1. The van der Waals surface area contributed by atoms with Crippen LogP contribution in [0.2, 0.25) is 0 Å². The molecule has 0 bridgehead atoms. The second-order valence-corrected chi connectivity index (χ2v) is 5.84. The van der Waals surface area contributed by atoms with E-state index in [9.17, 15) is 14.4 Å². The van der Waals surface area contributed by atoms with Gasteiger partial charge in [-0.25, -0.2) is 4.79 Å². The quantitative estimate of drug-likeness (QED) is 0.705. The van der Waals surface area contributed by atoms with Crippen LogP contribution in [-0.4, -0.2) is 37.0 Å². The van der Waals surface area contributed by atoms with Crippen molar-refractivity contribution in [3.05, 3.63) is 35.9 Å². The first kappa shape index (κ1) is 19.7. The van der Waals surface area contributed by atoms with Crippen LogP contribution in [-0.2, 0) is 25.5 Å². The van der Waals surface area contributed by atoms with Crippen LogP contribution < -0.4 is 10.6 Å². The molecule has 1 rings (SSSR count). The van der Waals surface area contributed by atoms with E-state index in [0.29, 0.717) is 12.8 Å². The van der Waals surface area contributed by atoms with E-state index < -0.39 is 24.0 Å². The van der Waals surface area contributed by atoms with Crippen molar-refractivity contribution in [1.29, 1.82) is 0 Å². The normalized spacial score (nSPS) is 14.2. The molecule has 0 aliphatic carbocycles. The summed E-state index contributed by atoms with van der Waals surface area (Å²) in [5, 5.41) is 5.36. The van der Waals surface area contributed by atoms with Gasteiger partial charge in [-0.1, -0.05) is 50.6 Å². The molecule has 132 valence electrons. The molecule has 1 aromatic carbocycles. The van der Waals surface area contributed by atoms with Gasteiger partial charge in [0.1, 0.15) is 12.1 Å². The predicted molar refractivity (Wildman–Crippen MR) is 91.2 cm³/mol. The van der Waals surface area contributed by atoms with Gasteiger partial charge in [0.25, 0.3) is 0 Å². The summed E-state index contributed by atoms with van der Waals surface area (Å²) >= 11 is 0. The molecule has 0 radical (unpaired) electrons. The monoisotopic (exact) mass is 334 g/mol. The highest BCUT2D eigenvalue weighted by Gasteiger charge is 2.30. The van der Waals surface area contributed by atoms with Gasteiger partial charge < -0.3 is 15.4 Å². The lowest BCUT2D eigenvalue weighted by molar-refractivity contribution is -0.146. The molecule has 0 heterocycles. The molecule has 0 saturated heterocycles. The maximum atomic E-state index is 12.6. The van der Waals surface area contributed by atoms with Crippen LogP contribution in [0, 0.1) is 5.92 Å². The largest absolute Gasteiger partial charge is 0.467 e. The number of esters is 1. The maximum absolute atomic E-state index is 12.6. The number of methoxy groups -OCH3 is 1. The number of nitrogens with one attached hydrogen (secondary N) is 2. The molecule has 24 heavy (non-hydrogen) atoms. The Hall–Kier alpha value is -2.37. The fourth-order valence-electron chi connectivity index (χ4n) is 2.35. The van der Waals surface area contributed by atoms with Crippen molar-refractivity contribution < 1.29 is 19.1 Å². The van der Waals surface area contributed by atoms with Crippen LogP contribution in [0.5, 0.6) is 0 Å². The smallest absolute Gasteiger partial charge is 0.328 e. The summed E-state index contributed by atoms with van der Waals surface area (Å²) in [4.78, 5) is 36.0. The molecule has 0 aliphatic heterocycles. The second kappa shape index (κ2) is 9.70. The number of ether oxygens (including phenoxy) is 1. The van der Waals surface area contributed by atoms with Crippen molar-refractivity contribution in [2.24, 2.45) is 5.92 Å². The molecule has 0 aromatic heterocycles. The topological polar surface area (TPSA) is 84.5 Å². The van der Waals surface area contributed by atoms with Crippen LogP contribution in [0.4, 0.5) is 0 Å². The third kappa shape index (κ3) is 6.02. The molecule has 2 N–H and O–H groups in total. The van der Waals surface area contributed by atoms with E-state index in [1.807, 2.05) is 44.2 Å². The predicted octanol–water partition coefficient (Wildman–Crippen LogP) is 1.44. The van der Waals surface area contributed by atoms with E-state index in [2.05, 4.69) is 10.6 Å². The minimum Gasteiger partial charge on any atom is -0.467 e. The van der Waals surface area contributed by atoms with Crippen molar-refractivity contribution in [2.45, 2.75) is 45.7 Å². The highest BCUT2D eigenvalue weighted by molar-refractivity contribution is 5.90. The summed E-state index contributed by atoms with van der Waals surface area (Å²) in [6.07, 6.45) is 1.06. The molecule has 0 aliphatic rings. The molecular weight excluding hydrogens is 308 g/mol. The first-order valence-corrected chi connectivity index (χ1v) is 8.08. The van der Waals surface area contributed by atoms with E-state index in [0.717, 1.165) is 5.56 Å². The summed E-state index contributed by atoms with van der Waals surface area (Å²) in [7, 11) is 1.29. The van der Waals surface area contributed by atoms with Crippen LogP contribution in [0.15, 0.2) is 30.3 Å². The van der Waals surface area contributed by atoms with Crippen molar-refractivity contribution >= 4 is 17.8 Å². The molecule has 3 atom stereocenters. The minimum atomic E-state index is -0.749. The first-order chi connectivity index (χ1) is 11.4. The maximum Gasteiger partial charge on any atom is 0.328 e. The van der Waals surface area contributed by atoms with E-state index >= 15 is 0 Å². The first-order valence-electron chi connectivity index (χ1n) is 8.08. The number of carbonyl (C=O) groups is 3. The average Bonchev–Trinajstić information content (AvgIpc) is 2.58. The highest BCUT2D eigenvalue weighted by Crippen LogP contribution is 2.10. The van der Waals surface area contributed by atoms with E-state index in [1.165, 1.54) is 14.0 Å². The van der Waals surface area contributed by atoms with Gasteiger partial charge in [0.05, 0.1) is 7.11 Å². The summed E-state index contributed by atoms with van der Waals surface area (Å²) < 4.78 is 4.77. The Balaban J connectivity index is 2.89. The number of rotatable bonds is 8. The third-order valence-electron chi connectivity index (χ3n) is 3.94. The van der Waals surface area contributed by atoms with Crippen LogP contribution in [0.3, 0.4) is 0 Å². The Morgan fingerprint density at radius 2 is 1.75 bits per heavy atom. The van der Waals surface area contributed by atoms with Gasteiger partial charge in [-0.2, -0.15) is 0 Å². The lowest BCUT2D eigenvalue weighted by atomic mass is 9.98. The van der Waals surface area contributed by atoms with Gasteiger partial charge in [-0.15, -0.1) is 0 Å². The van der Waals surface area contributed by atoms with Gasteiger partial charge >= 0.3 is 5.97 Å². The molecule has 0 saturated carbocycles. The zero-order chi connectivity index (χ0) is 18.1. The lowest BCUT2D eigenvalue weighted by Gasteiger charge is -2.25. The third-order valence-corrected chi connectivity index (χ3v) is 3.94.